The Kier molecular flexibility index (Phi) is 6.88. The third-order valence-electron chi connectivity index (χ3n) is 5.76. The highest BCUT2D eigenvalue weighted by Gasteiger charge is 2.35. The number of likely N-dealkylation sites (tertiary alicyclic amines) is 1. The van der Waals surface area contributed by atoms with Crippen LogP contribution in [0.1, 0.15) is 36.5 Å². The topological polar surface area (TPSA) is 62.2 Å². The lowest BCUT2D eigenvalue weighted by molar-refractivity contribution is -0.129. The number of methoxy groups -OCH3 is 1. The molecule has 1 saturated heterocycles. The summed E-state index contributed by atoms with van der Waals surface area (Å²) in [5, 5.41) is 0.202. The van der Waals surface area contributed by atoms with Gasteiger partial charge in [0.25, 0.3) is 5.91 Å². The van der Waals surface area contributed by atoms with Crippen LogP contribution < -0.4 is 9.64 Å². The van der Waals surface area contributed by atoms with Gasteiger partial charge in [0.15, 0.2) is 5.17 Å². The van der Waals surface area contributed by atoms with Crippen LogP contribution in [0.5, 0.6) is 5.75 Å². The summed E-state index contributed by atoms with van der Waals surface area (Å²) in [5.41, 5.74) is 4.10. The molecule has 2 aliphatic heterocycles. The average molecular weight is 464 g/mol. The van der Waals surface area contributed by atoms with Crippen LogP contribution in [0.3, 0.4) is 0 Å². The molecule has 172 valence electrons. The van der Waals surface area contributed by atoms with Crippen molar-refractivity contribution >= 4 is 40.5 Å². The van der Waals surface area contributed by atoms with Gasteiger partial charge in [-0.25, -0.2) is 4.99 Å². The van der Waals surface area contributed by atoms with Crippen molar-refractivity contribution < 1.29 is 14.3 Å². The van der Waals surface area contributed by atoms with Crippen LogP contribution in [-0.4, -0.2) is 47.3 Å². The fourth-order valence-corrected chi connectivity index (χ4v) is 5.15. The molecule has 6 nitrogen and oxygen atoms in total. The monoisotopic (exact) mass is 463 g/mol. The Bertz CT molecular complexity index is 1100. The van der Waals surface area contributed by atoms with E-state index in [1.165, 1.54) is 11.8 Å². The Morgan fingerprint density at radius 2 is 1.73 bits per heavy atom. The van der Waals surface area contributed by atoms with E-state index in [1.54, 1.807) is 18.1 Å². The number of benzene rings is 2. The predicted molar refractivity (Wildman–Crippen MR) is 135 cm³/mol. The molecule has 0 radical (unpaired) electrons. The zero-order chi connectivity index (χ0) is 23.5. The molecule has 2 aromatic rings. The molecule has 1 atom stereocenters. The molecule has 33 heavy (non-hydrogen) atoms. The predicted octanol–water partition coefficient (Wildman–Crippen LogP) is 4.80. The van der Waals surface area contributed by atoms with Crippen molar-refractivity contribution in [3.63, 3.8) is 0 Å². The van der Waals surface area contributed by atoms with Crippen molar-refractivity contribution in [2.24, 2.45) is 4.99 Å². The van der Waals surface area contributed by atoms with E-state index in [-0.39, 0.29) is 17.1 Å². The lowest BCUT2D eigenvalue weighted by Gasteiger charge is -2.23. The number of anilines is 1. The van der Waals surface area contributed by atoms with Crippen molar-refractivity contribution in [2.75, 3.05) is 25.1 Å². The number of thioether (sulfide) groups is 1. The number of amides is 2. The van der Waals surface area contributed by atoms with Crippen molar-refractivity contribution in [3.05, 3.63) is 64.9 Å². The summed E-state index contributed by atoms with van der Waals surface area (Å²) in [7, 11) is 1.62. The minimum absolute atomic E-state index is 0.0978. The molecule has 1 fully saturated rings. The van der Waals surface area contributed by atoms with Gasteiger partial charge in [-0.15, -0.1) is 0 Å². The molecule has 0 bridgehead atoms. The summed E-state index contributed by atoms with van der Waals surface area (Å²) in [6.07, 6.45) is 3.87. The zero-order valence-corrected chi connectivity index (χ0v) is 20.3. The van der Waals surface area contributed by atoms with Gasteiger partial charge < -0.3 is 9.64 Å². The number of nitrogens with zero attached hydrogens (tertiary/aromatic N) is 3. The summed E-state index contributed by atoms with van der Waals surface area (Å²) in [4.78, 5) is 34.6. The number of hydrogen-bond donors (Lipinski definition) is 0. The molecule has 2 amide bonds. The molecule has 2 aromatic carbocycles. The first-order valence-electron chi connectivity index (χ1n) is 11.2. The number of hydrogen-bond acceptors (Lipinski definition) is 5. The van der Waals surface area contributed by atoms with Crippen molar-refractivity contribution in [1.82, 2.24) is 4.90 Å². The molecule has 0 aliphatic carbocycles. The molecule has 2 aliphatic rings. The highest BCUT2D eigenvalue weighted by molar-refractivity contribution is 8.15. The van der Waals surface area contributed by atoms with E-state index < -0.39 is 0 Å². The van der Waals surface area contributed by atoms with Gasteiger partial charge in [0.1, 0.15) is 11.4 Å². The van der Waals surface area contributed by atoms with Gasteiger partial charge in [-0.05, 0) is 80.6 Å². The maximum atomic E-state index is 13.5. The highest BCUT2D eigenvalue weighted by atomic mass is 32.2. The second-order valence-corrected chi connectivity index (χ2v) is 9.78. The Morgan fingerprint density at radius 1 is 1.09 bits per heavy atom. The number of amidine groups is 1. The normalized spacial score (nSPS) is 18.1. The van der Waals surface area contributed by atoms with Crippen LogP contribution in [0, 0.1) is 13.8 Å². The van der Waals surface area contributed by atoms with Gasteiger partial charge >= 0.3 is 0 Å². The summed E-state index contributed by atoms with van der Waals surface area (Å²) < 4.78 is 5.22. The van der Waals surface area contributed by atoms with Gasteiger partial charge in [-0.2, -0.15) is 0 Å². The fourth-order valence-electron chi connectivity index (χ4n) is 4.14. The SMILES string of the molecule is COc1ccc(/C=C2\N=C(SC(C)C(=O)N3CCCC3)N(c3cc(C)cc(C)c3)C2=O)cc1. The van der Waals surface area contributed by atoms with Crippen LogP contribution in [-0.2, 0) is 9.59 Å². The number of aryl methyl sites for hydroxylation is 2. The van der Waals surface area contributed by atoms with Crippen molar-refractivity contribution in [3.8, 4) is 5.75 Å². The summed E-state index contributed by atoms with van der Waals surface area (Å²) in [6.45, 7) is 7.52. The van der Waals surface area contributed by atoms with Gasteiger partial charge in [-0.1, -0.05) is 30.0 Å². The minimum atomic E-state index is -0.330. The highest BCUT2D eigenvalue weighted by Crippen LogP contribution is 2.33. The molecule has 7 heteroatoms. The van der Waals surface area contributed by atoms with Gasteiger partial charge in [0.05, 0.1) is 18.0 Å². The smallest absolute Gasteiger partial charge is 0.283 e. The molecule has 0 N–H and O–H groups in total. The fraction of sp³-hybridized carbons (Fsp3) is 0.346. The van der Waals surface area contributed by atoms with Crippen LogP contribution in [0.15, 0.2) is 53.2 Å². The van der Waals surface area contributed by atoms with Crippen molar-refractivity contribution in [1.29, 1.82) is 0 Å². The van der Waals surface area contributed by atoms with Crippen LogP contribution in [0.4, 0.5) is 5.69 Å². The molecule has 0 aromatic heterocycles. The van der Waals surface area contributed by atoms with Gasteiger partial charge in [-0.3, -0.25) is 14.5 Å². The van der Waals surface area contributed by atoms with Gasteiger partial charge in [0, 0.05) is 13.1 Å². The minimum Gasteiger partial charge on any atom is -0.497 e. The number of carbonyl (C=O) groups excluding carboxylic acids is 2. The molecular formula is C26H29N3O3S. The van der Waals surface area contributed by atoms with Crippen LogP contribution in [0.25, 0.3) is 6.08 Å². The van der Waals surface area contributed by atoms with Crippen LogP contribution in [0.2, 0.25) is 0 Å². The summed E-state index contributed by atoms with van der Waals surface area (Å²) in [5.74, 6) is 0.653. The second-order valence-electron chi connectivity index (χ2n) is 8.48. The lowest BCUT2D eigenvalue weighted by atomic mass is 10.1. The maximum absolute atomic E-state index is 13.5. The first-order valence-corrected chi connectivity index (χ1v) is 12.1. The first-order chi connectivity index (χ1) is 15.9. The number of rotatable bonds is 5. The Morgan fingerprint density at radius 3 is 2.33 bits per heavy atom. The largest absolute Gasteiger partial charge is 0.497 e. The molecule has 0 saturated carbocycles. The Labute approximate surface area is 199 Å². The quantitative estimate of drug-likeness (QED) is 0.598. The third kappa shape index (κ3) is 5.14. The number of ether oxygens (including phenoxy) is 1. The summed E-state index contributed by atoms with van der Waals surface area (Å²) in [6, 6.07) is 13.5. The lowest BCUT2D eigenvalue weighted by Crippen LogP contribution is -2.37. The standard InChI is InChI=1S/C26H29N3O3S/c1-17-13-18(2)15-21(14-17)29-25(31)23(16-20-7-9-22(32-4)10-8-20)27-26(29)33-19(3)24(30)28-11-5-6-12-28/h7-10,13-16,19H,5-6,11-12H2,1-4H3/b23-16-. The second kappa shape index (κ2) is 9.83. The number of aliphatic imine (C=N–C) groups is 1. The molecule has 1 unspecified atom stereocenters. The zero-order valence-electron chi connectivity index (χ0n) is 19.5. The van der Waals surface area contributed by atoms with E-state index in [1.807, 2.05) is 62.1 Å². The van der Waals surface area contributed by atoms with E-state index in [0.29, 0.717) is 10.9 Å². The average Bonchev–Trinajstić information content (AvgIpc) is 3.42. The van der Waals surface area contributed by atoms with Gasteiger partial charge in [0.2, 0.25) is 5.91 Å². The maximum Gasteiger partial charge on any atom is 0.283 e. The van der Waals surface area contributed by atoms with E-state index >= 15 is 0 Å². The van der Waals surface area contributed by atoms with Crippen molar-refractivity contribution in [2.45, 2.75) is 38.9 Å². The molecular weight excluding hydrogens is 434 g/mol. The Balaban J connectivity index is 1.67. The number of carbonyl (C=O) groups is 2. The molecule has 0 spiro atoms. The van der Waals surface area contributed by atoms with E-state index in [4.69, 9.17) is 4.74 Å². The third-order valence-corrected chi connectivity index (χ3v) is 6.80. The van der Waals surface area contributed by atoms with E-state index in [0.717, 1.165) is 54.1 Å². The Hall–Kier alpha value is -3.06. The molecule has 2 heterocycles. The van der Waals surface area contributed by atoms with E-state index in [2.05, 4.69) is 11.1 Å². The first kappa shape index (κ1) is 23.1. The van der Waals surface area contributed by atoms with Crippen LogP contribution >= 0.6 is 11.8 Å². The summed E-state index contributed by atoms with van der Waals surface area (Å²) >= 11 is 1.34. The van der Waals surface area contributed by atoms with E-state index in [9.17, 15) is 9.59 Å². The molecule has 4 rings (SSSR count).